The molecule has 7 heteroatoms. The first kappa shape index (κ1) is 19.8. The number of benzene rings is 2. The van der Waals surface area contributed by atoms with E-state index in [-0.39, 0.29) is 16.9 Å². The van der Waals surface area contributed by atoms with Crippen LogP contribution in [0.2, 0.25) is 0 Å². The van der Waals surface area contributed by atoms with Crippen molar-refractivity contribution in [2.45, 2.75) is 26.2 Å². The number of morpholine rings is 1. The number of hydrazone groups is 1. The molecule has 0 aromatic heterocycles. The maximum absolute atomic E-state index is 11.5. The van der Waals surface area contributed by atoms with Gasteiger partial charge in [0.15, 0.2) is 0 Å². The van der Waals surface area contributed by atoms with Gasteiger partial charge in [0.05, 0.1) is 37.4 Å². The zero-order valence-corrected chi connectivity index (χ0v) is 16.4. The third-order valence-corrected chi connectivity index (χ3v) is 4.49. The van der Waals surface area contributed by atoms with Gasteiger partial charge in [-0.05, 0) is 35.2 Å². The second-order valence-electron chi connectivity index (χ2n) is 7.67. The van der Waals surface area contributed by atoms with E-state index in [4.69, 9.17) is 9.47 Å². The molecule has 1 saturated heterocycles. The van der Waals surface area contributed by atoms with Gasteiger partial charge in [-0.15, -0.1) is 0 Å². The summed E-state index contributed by atoms with van der Waals surface area (Å²) in [6.45, 7) is 9.09. The molecule has 0 radical (unpaired) electrons. The van der Waals surface area contributed by atoms with Crippen LogP contribution in [0.3, 0.4) is 0 Å². The van der Waals surface area contributed by atoms with E-state index in [9.17, 15) is 10.1 Å². The third-order valence-electron chi connectivity index (χ3n) is 4.49. The van der Waals surface area contributed by atoms with Crippen molar-refractivity contribution in [3.05, 3.63) is 63.7 Å². The minimum Gasteiger partial charge on any atom is -0.450 e. The number of hydrogen-bond donors (Lipinski definition) is 0. The fourth-order valence-electron chi connectivity index (χ4n) is 2.81. The van der Waals surface area contributed by atoms with Crippen molar-refractivity contribution in [1.82, 2.24) is 5.01 Å². The lowest BCUT2D eigenvalue weighted by Gasteiger charge is -2.23. The number of rotatable bonds is 5. The van der Waals surface area contributed by atoms with Gasteiger partial charge in [0, 0.05) is 11.6 Å². The molecular weight excluding hydrogens is 358 g/mol. The van der Waals surface area contributed by atoms with Gasteiger partial charge in [0.25, 0.3) is 0 Å². The summed E-state index contributed by atoms with van der Waals surface area (Å²) < 4.78 is 11.1. The van der Waals surface area contributed by atoms with Crippen molar-refractivity contribution >= 4 is 11.9 Å². The van der Waals surface area contributed by atoms with E-state index in [0.29, 0.717) is 37.6 Å². The van der Waals surface area contributed by atoms with Crippen LogP contribution in [0.1, 0.15) is 31.9 Å². The van der Waals surface area contributed by atoms with Crippen molar-refractivity contribution < 1.29 is 14.4 Å². The third kappa shape index (κ3) is 5.07. The highest BCUT2D eigenvalue weighted by Gasteiger charge is 2.18. The second kappa shape index (κ2) is 8.39. The van der Waals surface area contributed by atoms with Crippen LogP contribution >= 0.6 is 0 Å². The summed E-state index contributed by atoms with van der Waals surface area (Å²) in [5.41, 5.74) is 1.76. The number of nitrogens with zero attached hydrogens (tertiary/aromatic N) is 3. The lowest BCUT2D eigenvalue weighted by atomic mass is 9.87. The molecule has 2 aromatic rings. The molecule has 0 saturated carbocycles. The SMILES string of the molecule is CC(C)(C)c1ccc(Oc2ccc(/C=N\N3CCOCC3)cc2[N+](=O)[O-])cc1. The smallest absolute Gasteiger partial charge is 0.312 e. The molecule has 28 heavy (non-hydrogen) atoms. The quantitative estimate of drug-likeness (QED) is 0.436. The first-order chi connectivity index (χ1) is 13.3. The summed E-state index contributed by atoms with van der Waals surface area (Å²) >= 11 is 0. The molecule has 2 aromatic carbocycles. The van der Waals surface area contributed by atoms with Crippen molar-refractivity contribution in [3.63, 3.8) is 0 Å². The molecule has 0 bridgehead atoms. The Morgan fingerprint density at radius 3 is 2.43 bits per heavy atom. The highest BCUT2D eigenvalue weighted by atomic mass is 16.6. The average molecular weight is 383 g/mol. The number of nitro groups is 1. The topological polar surface area (TPSA) is 77.2 Å². The molecule has 0 N–H and O–H groups in total. The van der Waals surface area contributed by atoms with E-state index in [0.717, 1.165) is 0 Å². The molecule has 0 aliphatic carbocycles. The first-order valence-corrected chi connectivity index (χ1v) is 9.26. The fourth-order valence-corrected chi connectivity index (χ4v) is 2.81. The predicted octanol–water partition coefficient (Wildman–Crippen LogP) is 4.35. The van der Waals surface area contributed by atoms with Gasteiger partial charge >= 0.3 is 5.69 Å². The molecule has 1 fully saturated rings. The molecule has 1 aliphatic heterocycles. The number of ether oxygens (including phenoxy) is 2. The van der Waals surface area contributed by atoms with Gasteiger partial charge in [-0.1, -0.05) is 32.9 Å². The predicted molar refractivity (Wildman–Crippen MR) is 108 cm³/mol. The molecule has 0 unspecified atom stereocenters. The van der Waals surface area contributed by atoms with Gasteiger partial charge < -0.3 is 9.47 Å². The normalized spacial score (nSPS) is 15.0. The molecule has 0 amide bonds. The highest BCUT2D eigenvalue weighted by Crippen LogP contribution is 2.33. The van der Waals surface area contributed by atoms with Crippen molar-refractivity contribution in [2.75, 3.05) is 26.3 Å². The molecule has 1 aliphatic rings. The molecule has 3 rings (SSSR count). The Balaban J connectivity index is 1.77. The molecule has 0 spiro atoms. The zero-order valence-electron chi connectivity index (χ0n) is 16.4. The Kier molecular flexibility index (Phi) is 5.94. The van der Waals surface area contributed by atoms with Crippen LogP contribution in [0.25, 0.3) is 0 Å². The van der Waals surface area contributed by atoms with Crippen molar-refractivity contribution in [2.24, 2.45) is 5.10 Å². The molecule has 0 atom stereocenters. The Hall–Kier alpha value is -2.93. The second-order valence-corrected chi connectivity index (χ2v) is 7.67. The van der Waals surface area contributed by atoms with Gasteiger partial charge in [-0.2, -0.15) is 5.10 Å². The van der Waals surface area contributed by atoms with E-state index < -0.39 is 4.92 Å². The lowest BCUT2D eigenvalue weighted by Crippen LogP contribution is -2.32. The minimum atomic E-state index is -0.440. The lowest BCUT2D eigenvalue weighted by molar-refractivity contribution is -0.385. The summed E-state index contributed by atoms with van der Waals surface area (Å²) in [5, 5.41) is 17.8. The van der Waals surface area contributed by atoms with E-state index in [1.807, 2.05) is 29.3 Å². The summed E-state index contributed by atoms with van der Waals surface area (Å²) in [5.74, 6) is 0.767. The van der Waals surface area contributed by atoms with E-state index in [2.05, 4.69) is 25.9 Å². The molecule has 1 heterocycles. The van der Waals surface area contributed by atoms with E-state index in [1.165, 1.54) is 11.6 Å². The maximum atomic E-state index is 11.5. The largest absolute Gasteiger partial charge is 0.450 e. The van der Waals surface area contributed by atoms with Gasteiger partial charge in [-0.25, -0.2) is 0 Å². The Morgan fingerprint density at radius 2 is 1.82 bits per heavy atom. The van der Waals surface area contributed by atoms with Gasteiger partial charge in [-0.3, -0.25) is 15.1 Å². The van der Waals surface area contributed by atoms with Crippen LogP contribution < -0.4 is 4.74 Å². The van der Waals surface area contributed by atoms with E-state index in [1.54, 1.807) is 18.3 Å². The van der Waals surface area contributed by atoms with Crippen LogP contribution in [0.4, 0.5) is 5.69 Å². The fraction of sp³-hybridized carbons (Fsp3) is 0.381. The Morgan fingerprint density at radius 1 is 1.14 bits per heavy atom. The van der Waals surface area contributed by atoms with Crippen LogP contribution in [0, 0.1) is 10.1 Å². The van der Waals surface area contributed by atoms with Crippen LogP contribution in [-0.4, -0.2) is 42.5 Å². The Bertz CT molecular complexity index is 851. The van der Waals surface area contributed by atoms with Crippen molar-refractivity contribution in [3.8, 4) is 11.5 Å². The van der Waals surface area contributed by atoms with Crippen LogP contribution in [-0.2, 0) is 10.2 Å². The molecule has 148 valence electrons. The summed E-state index contributed by atoms with van der Waals surface area (Å²) in [6.07, 6.45) is 1.63. The highest BCUT2D eigenvalue weighted by molar-refractivity contribution is 5.81. The Labute approximate surface area is 164 Å². The monoisotopic (exact) mass is 383 g/mol. The van der Waals surface area contributed by atoms with Crippen LogP contribution in [0.5, 0.6) is 11.5 Å². The maximum Gasteiger partial charge on any atom is 0.312 e. The number of hydrogen-bond acceptors (Lipinski definition) is 6. The summed E-state index contributed by atoms with van der Waals surface area (Å²) in [4.78, 5) is 11.1. The average Bonchev–Trinajstić information content (AvgIpc) is 2.67. The summed E-state index contributed by atoms with van der Waals surface area (Å²) in [6, 6.07) is 12.5. The van der Waals surface area contributed by atoms with Gasteiger partial charge in [0.1, 0.15) is 5.75 Å². The molecule has 7 nitrogen and oxygen atoms in total. The molecular formula is C21H25N3O4. The van der Waals surface area contributed by atoms with E-state index >= 15 is 0 Å². The summed E-state index contributed by atoms with van der Waals surface area (Å²) in [7, 11) is 0. The van der Waals surface area contributed by atoms with Crippen molar-refractivity contribution in [1.29, 1.82) is 0 Å². The first-order valence-electron chi connectivity index (χ1n) is 9.26. The standard InChI is InChI=1S/C21H25N3O4/c1-21(2,3)17-5-7-18(8-6-17)28-20-9-4-16(14-19(20)24(25)26)15-22-23-10-12-27-13-11-23/h4-9,14-15H,10-13H2,1-3H3/b22-15-. The minimum absolute atomic E-state index is 0.0337. The number of nitro benzene ring substituents is 1. The van der Waals surface area contributed by atoms with Gasteiger partial charge in [0.2, 0.25) is 5.75 Å². The zero-order chi connectivity index (χ0) is 20.1. The van der Waals surface area contributed by atoms with Crippen LogP contribution in [0.15, 0.2) is 47.6 Å².